The highest BCUT2D eigenvalue weighted by Gasteiger charge is 2.48. The van der Waals surface area contributed by atoms with E-state index in [1.54, 1.807) is 0 Å². The predicted octanol–water partition coefficient (Wildman–Crippen LogP) is 10.6. The molecule has 186 valence electrons. The molecule has 1 aliphatic rings. The van der Waals surface area contributed by atoms with Gasteiger partial charge >= 0.3 is 0 Å². The minimum absolute atomic E-state index is 0.494. The number of halogens is 2. The van der Waals surface area contributed by atoms with Gasteiger partial charge in [-0.1, -0.05) is 121 Å². The molecule has 0 atom stereocenters. The van der Waals surface area contributed by atoms with Gasteiger partial charge in [0.15, 0.2) is 0 Å². The summed E-state index contributed by atoms with van der Waals surface area (Å²) in [7, 11) is 0. The first-order chi connectivity index (χ1) is 19.2. The maximum absolute atomic E-state index is 2.48. The van der Waals surface area contributed by atoms with Crippen molar-refractivity contribution >= 4 is 45.2 Å². The first kappa shape index (κ1) is 24.8. The molecule has 0 aliphatic heterocycles. The standard InChI is InChI=1S/C37H24I2/c38-27-19-21-29(25-11-3-1-4-12-25)35(23-27)37(33-17-9-7-15-31(33)32-16-8-10-18-34(32)37)36-24-28(39)20-22-30(36)26-13-5-2-6-14-26/h1-24H. The Morgan fingerprint density at radius 1 is 0.333 bits per heavy atom. The van der Waals surface area contributed by atoms with Gasteiger partial charge in [0, 0.05) is 7.14 Å². The van der Waals surface area contributed by atoms with Crippen LogP contribution in [0.1, 0.15) is 22.3 Å². The van der Waals surface area contributed by atoms with Crippen LogP contribution in [-0.4, -0.2) is 0 Å². The molecule has 0 heterocycles. The van der Waals surface area contributed by atoms with Crippen LogP contribution in [0.4, 0.5) is 0 Å². The van der Waals surface area contributed by atoms with Crippen molar-refractivity contribution in [1.82, 2.24) is 0 Å². The van der Waals surface area contributed by atoms with E-state index in [2.05, 4.69) is 191 Å². The van der Waals surface area contributed by atoms with Crippen molar-refractivity contribution in [1.29, 1.82) is 0 Å². The maximum atomic E-state index is 2.48. The predicted molar refractivity (Wildman–Crippen MR) is 180 cm³/mol. The highest BCUT2D eigenvalue weighted by atomic mass is 127. The molecule has 7 rings (SSSR count). The molecule has 0 amide bonds. The normalized spacial score (nSPS) is 13.1. The Kier molecular flexibility index (Phi) is 6.40. The van der Waals surface area contributed by atoms with E-state index in [9.17, 15) is 0 Å². The molecular formula is C37H24I2. The first-order valence-electron chi connectivity index (χ1n) is 13.1. The Morgan fingerprint density at radius 3 is 1.15 bits per heavy atom. The molecule has 6 aromatic carbocycles. The molecule has 0 N–H and O–H groups in total. The van der Waals surface area contributed by atoms with Crippen LogP contribution in [-0.2, 0) is 5.41 Å². The summed E-state index contributed by atoms with van der Waals surface area (Å²) in [5.41, 5.74) is 12.4. The average Bonchev–Trinajstić information content (AvgIpc) is 3.29. The van der Waals surface area contributed by atoms with Crippen molar-refractivity contribution in [2.45, 2.75) is 5.41 Å². The SMILES string of the molecule is Ic1ccc(-c2ccccc2)c(C2(c3cc(I)ccc3-c3ccccc3)c3ccccc3-c3ccccc32)c1. The van der Waals surface area contributed by atoms with E-state index in [0.717, 1.165) is 0 Å². The lowest BCUT2D eigenvalue weighted by atomic mass is 9.64. The zero-order valence-corrected chi connectivity index (χ0v) is 25.4. The van der Waals surface area contributed by atoms with E-state index < -0.39 is 5.41 Å². The van der Waals surface area contributed by atoms with E-state index in [0.29, 0.717) is 0 Å². The van der Waals surface area contributed by atoms with Gasteiger partial charge < -0.3 is 0 Å². The summed E-state index contributed by atoms with van der Waals surface area (Å²) >= 11 is 4.96. The molecule has 0 nitrogen and oxygen atoms in total. The molecule has 0 aromatic heterocycles. The van der Waals surface area contributed by atoms with Gasteiger partial charge in [-0.25, -0.2) is 0 Å². The number of benzene rings is 6. The van der Waals surface area contributed by atoms with E-state index in [1.165, 1.54) is 62.8 Å². The Bertz CT molecular complexity index is 1680. The third kappa shape index (κ3) is 3.99. The summed E-state index contributed by atoms with van der Waals surface area (Å²) in [4.78, 5) is 0. The summed E-state index contributed by atoms with van der Waals surface area (Å²) in [5.74, 6) is 0. The van der Waals surface area contributed by atoms with E-state index in [1.807, 2.05) is 0 Å². The van der Waals surface area contributed by atoms with Crippen molar-refractivity contribution < 1.29 is 0 Å². The molecule has 6 aromatic rings. The molecule has 2 heteroatoms. The molecule has 0 unspecified atom stereocenters. The second-order valence-corrected chi connectivity index (χ2v) is 12.4. The summed E-state index contributed by atoms with van der Waals surface area (Å²) in [6, 6.07) is 53.6. The number of hydrogen-bond acceptors (Lipinski definition) is 0. The number of rotatable bonds is 4. The van der Waals surface area contributed by atoms with Crippen molar-refractivity contribution in [2.75, 3.05) is 0 Å². The van der Waals surface area contributed by atoms with Gasteiger partial charge in [0.2, 0.25) is 0 Å². The molecule has 1 aliphatic carbocycles. The topological polar surface area (TPSA) is 0 Å². The summed E-state index contributed by atoms with van der Waals surface area (Å²) in [6.07, 6.45) is 0. The highest BCUT2D eigenvalue weighted by Crippen LogP contribution is 2.59. The van der Waals surface area contributed by atoms with Crippen LogP contribution in [0.15, 0.2) is 146 Å². The third-order valence-electron chi connectivity index (χ3n) is 7.89. The van der Waals surface area contributed by atoms with Gasteiger partial charge in [-0.15, -0.1) is 0 Å². The average molecular weight is 722 g/mol. The lowest BCUT2D eigenvalue weighted by molar-refractivity contribution is 0.771. The fraction of sp³-hybridized carbons (Fsp3) is 0.0270. The second-order valence-electron chi connectivity index (χ2n) is 9.95. The van der Waals surface area contributed by atoms with E-state index >= 15 is 0 Å². The van der Waals surface area contributed by atoms with Crippen LogP contribution < -0.4 is 0 Å². The van der Waals surface area contributed by atoms with Gasteiger partial charge in [-0.2, -0.15) is 0 Å². The van der Waals surface area contributed by atoms with Crippen molar-refractivity contribution in [2.24, 2.45) is 0 Å². The minimum Gasteiger partial charge on any atom is -0.0622 e. The molecule has 0 spiro atoms. The quantitative estimate of drug-likeness (QED) is 0.159. The molecule has 39 heavy (non-hydrogen) atoms. The van der Waals surface area contributed by atoms with Gasteiger partial charge in [0.25, 0.3) is 0 Å². The monoisotopic (exact) mass is 722 g/mol. The molecule has 0 radical (unpaired) electrons. The summed E-state index contributed by atoms with van der Waals surface area (Å²) in [6.45, 7) is 0. The Labute approximate surface area is 257 Å². The maximum Gasteiger partial charge on any atom is 0.0726 e. The molecule has 0 bridgehead atoms. The van der Waals surface area contributed by atoms with E-state index in [4.69, 9.17) is 0 Å². The minimum atomic E-state index is -0.494. The lowest BCUT2D eigenvalue weighted by Crippen LogP contribution is -2.30. The van der Waals surface area contributed by atoms with Crippen molar-refractivity contribution in [3.8, 4) is 33.4 Å². The van der Waals surface area contributed by atoms with Gasteiger partial charge in [-0.3, -0.25) is 0 Å². The fourth-order valence-electron chi connectivity index (χ4n) is 6.35. The zero-order chi connectivity index (χ0) is 26.4. The van der Waals surface area contributed by atoms with Crippen molar-refractivity contribution in [3.05, 3.63) is 175 Å². The second kappa shape index (κ2) is 10.1. The van der Waals surface area contributed by atoms with Crippen LogP contribution in [0.5, 0.6) is 0 Å². The Morgan fingerprint density at radius 2 is 0.718 bits per heavy atom. The van der Waals surface area contributed by atoms with Gasteiger partial charge in [0.1, 0.15) is 0 Å². The van der Waals surface area contributed by atoms with Gasteiger partial charge in [0.05, 0.1) is 5.41 Å². The fourth-order valence-corrected chi connectivity index (χ4v) is 7.34. The largest absolute Gasteiger partial charge is 0.0726 e. The molecule has 0 saturated carbocycles. The summed E-state index contributed by atoms with van der Waals surface area (Å²) < 4.78 is 2.46. The summed E-state index contributed by atoms with van der Waals surface area (Å²) in [5, 5.41) is 0. The van der Waals surface area contributed by atoms with Crippen LogP contribution in [0, 0.1) is 7.14 Å². The van der Waals surface area contributed by atoms with Gasteiger partial charge in [-0.05, 0) is 125 Å². The Balaban J connectivity index is 1.71. The van der Waals surface area contributed by atoms with Crippen molar-refractivity contribution in [3.63, 3.8) is 0 Å². The number of fused-ring (bicyclic) bond motifs is 3. The smallest absolute Gasteiger partial charge is 0.0622 e. The lowest BCUT2D eigenvalue weighted by Gasteiger charge is -2.37. The van der Waals surface area contributed by atoms with Crippen LogP contribution in [0.25, 0.3) is 33.4 Å². The van der Waals surface area contributed by atoms with Crippen LogP contribution in [0.3, 0.4) is 0 Å². The first-order valence-corrected chi connectivity index (χ1v) is 15.2. The molecule has 0 fully saturated rings. The zero-order valence-electron chi connectivity index (χ0n) is 21.1. The van der Waals surface area contributed by atoms with Crippen LogP contribution in [0.2, 0.25) is 0 Å². The van der Waals surface area contributed by atoms with E-state index in [-0.39, 0.29) is 0 Å². The highest BCUT2D eigenvalue weighted by molar-refractivity contribution is 14.1. The third-order valence-corrected chi connectivity index (χ3v) is 9.24. The molecule has 0 saturated heterocycles. The molecular weight excluding hydrogens is 698 g/mol. The number of hydrogen-bond donors (Lipinski definition) is 0. The Hall–Kier alpha value is -3.22. The van der Waals surface area contributed by atoms with Crippen LogP contribution >= 0.6 is 45.2 Å².